The number of piperidine rings is 1. The Labute approximate surface area is 221 Å². The van der Waals surface area contributed by atoms with Gasteiger partial charge in [0.2, 0.25) is 10.0 Å². The Hall–Kier alpha value is -1.88. The van der Waals surface area contributed by atoms with E-state index in [-0.39, 0.29) is 11.7 Å². The lowest BCUT2D eigenvalue weighted by atomic mass is 9.96. The van der Waals surface area contributed by atoms with Crippen molar-refractivity contribution in [1.29, 1.82) is 0 Å². The van der Waals surface area contributed by atoms with Crippen LogP contribution >= 0.6 is 0 Å². The zero-order valence-corrected chi connectivity index (χ0v) is 22.7. The van der Waals surface area contributed by atoms with E-state index in [9.17, 15) is 13.2 Å². The molecule has 0 radical (unpaired) electrons. The summed E-state index contributed by atoms with van der Waals surface area (Å²) in [5.74, 6) is 1.70. The Morgan fingerprint density at radius 1 is 0.946 bits per heavy atom. The van der Waals surface area contributed by atoms with E-state index in [0.29, 0.717) is 68.3 Å². The van der Waals surface area contributed by atoms with Crippen LogP contribution in [-0.2, 0) is 10.0 Å². The summed E-state index contributed by atoms with van der Waals surface area (Å²) in [6.45, 7) is 7.32. The number of hydrogen-bond acceptors (Lipinski definition) is 7. The molecule has 0 atom stereocenters. The SMILES string of the molecule is O=C(NCC1CCN(CCCS(=O)(=O)N2CCN(C3CCCC3)CC2)CC1)c1cccc2c1OCCO2. The van der Waals surface area contributed by atoms with Crippen LogP contribution < -0.4 is 14.8 Å². The van der Waals surface area contributed by atoms with Gasteiger partial charge in [-0.2, -0.15) is 4.31 Å². The fraction of sp³-hybridized carbons (Fsp3) is 0.741. The number of benzene rings is 1. The molecule has 0 bridgehead atoms. The first-order chi connectivity index (χ1) is 18.0. The predicted octanol–water partition coefficient (Wildman–Crippen LogP) is 2.18. The molecule has 1 aliphatic carbocycles. The highest BCUT2D eigenvalue weighted by atomic mass is 32.2. The number of rotatable bonds is 9. The quantitative estimate of drug-likeness (QED) is 0.519. The van der Waals surface area contributed by atoms with Gasteiger partial charge < -0.3 is 19.7 Å². The highest BCUT2D eigenvalue weighted by Crippen LogP contribution is 2.33. The van der Waals surface area contributed by atoms with Crippen LogP contribution in [0.1, 0.15) is 55.3 Å². The average molecular weight is 535 g/mol. The van der Waals surface area contributed by atoms with Crippen LogP contribution in [0, 0.1) is 5.92 Å². The normalized spacial score (nSPS) is 22.8. The lowest BCUT2D eigenvalue weighted by molar-refractivity contribution is 0.0925. The number of fused-ring (bicyclic) bond motifs is 1. The second-order valence-corrected chi connectivity index (χ2v) is 13.0. The van der Waals surface area contributed by atoms with Crippen LogP contribution in [-0.4, -0.2) is 106 Å². The first kappa shape index (κ1) is 26.7. The third-order valence-electron chi connectivity index (χ3n) is 8.45. The Bertz CT molecular complexity index is 1010. The molecule has 1 aromatic carbocycles. The summed E-state index contributed by atoms with van der Waals surface area (Å²) in [5, 5.41) is 3.07. The number of carbonyl (C=O) groups excluding carboxylic acids is 1. The van der Waals surface area contributed by atoms with E-state index in [1.54, 1.807) is 10.4 Å². The second-order valence-electron chi connectivity index (χ2n) is 10.9. The number of carbonyl (C=O) groups is 1. The molecule has 1 amide bonds. The van der Waals surface area contributed by atoms with Crippen molar-refractivity contribution in [1.82, 2.24) is 19.4 Å². The molecule has 0 aromatic heterocycles. The van der Waals surface area contributed by atoms with E-state index in [1.807, 2.05) is 12.1 Å². The Kier molecular flexibility index (Phi) is 8.89. The summed E-state index contributed by atoms with van der Waals surface area (Å²) in [6.07, 6.45) is 7.86. The van der Waals surface area contributed by atoms with E-state index in [4.69, 9.17) is 9.47 Å². The highest BCUT2D eigenvalue weighted by Gasteiger charge is 2.31. The van der Waals surface area contributed by atoms with Gasteiger partial charge in [0.25, 0.3) is 5.91 Å². The van der Waals surface area contributed by atoms with Crippen molar-refractivity contribution < 1.29 is 22.7 Å². The third kappa shape index (κ3) is 6.77. The lowest BCUT2D eigenvalue weighted by Gasteiger charge is -2.37. The molecule has 3 aliphatic heterocycles. The summed E-state index contributed by atoms with van der Waals surface area (Å²) >= 11 is 0. The number of hydrogen-bond donors (Lipinski definition) is 1. The van der Waals surface area contributed by atoms with Crippen molar-refractivity contribution in [2.24, 2.45) is 5.92 Å². The fourth-order valence-electron chi connectivity index (χ4n) is 6.21. The molecule has 9 nitrogen and oxygen atoms in total. The number of piperazine rings is 1. The van der Waals surface area contributed by atoms with Gasteiger partial charge >= 0.3 is 0 Å². The van der Waals surface area contributed by atoms with Crippen molar-refractivity contribution in [2.75, 3.05) is 71.3 Å². The molecule has 0 spiro atoms. The largest absolute Gasteiger partial charge is 0.486 e. The molecular weight excluding hydrogens is 492 g/mol. The lowest BCUT2D eigenvalue weighted by Crippen LogP contribution is -2.51. The van der Waals surface area contributed by atoms with Crippen LogP contribution in [0.4, 0.5) is 0 Å². The van der Waals surface area contributed by atoms with Crippen molar-refractivity contribution in [3.05, 3.63) is 23.8 Å². The topological polar surface area (TPSA) is 91.4 Å². The maximum Gasteiger partial charge on any atom is 0.255 e. The maximum atomic E-state index is 12.9. The smallest absolute Gasteiger partial charge is 0.255 e. The van der Waals surface area contributed by atoms with Crippen LogP contribution in [0.15, 0.2) is 18.2 Å². The predicted molar refractivity (Wildman–Crippen MR) is 143 cm³/mol. The number of likely N-dealkylation sites (tertiary alicyclic amines) is 1. The van der Waals surface area contributed by atoms with Crippen LogP contribution in [0.5, 0.6) is 11.5 Å². The molecule has 2 saturated heterocycles. The number of para-hydroxylation sites is 1. The van der Waals surface area contributed by atoms with Crippen LogP contribution in [0.3, 0.4) is 0 Å². The van der Waals surface area contributed by atoms with Gasteiger partial charge in [0, 0.05) is 38.8 Å². The van der Waals surface area contributed by atoms with Crippen molar-refractivity contribution >= 4 is 15.9 Å². The molecular formula is C27H42N4O5S. The monoisotopic (exact) mass is 534 g/mol. The molecule has 3 fully saturated rings. The van der Waals surface area contributed by atoms with Gasteiger partial charge in [0.05, 0.1) is 11.3 Å². The average Bonchev–Trinajstić information content (AvgIpc) is 3.47. The zero-order chi connectivity index (χ0) is 25.7. The Morgan fingerprint density at radius 2 is 1.68 bits per heavy atom. The fourth-order valence-corrected chi connectivity index (χ4v) is 7.69. The van der Waals surface area contributed by atoms with Gasteiger partial charge in [-0.3, -0.25) is 9.69 Å². The number of nitrogens with one attached hydrogen (secondary N) is 1. The summed E-state index contributed by atoms with van der Waals surface area (Å²) in [7, 11) is -3.18. The van der Waals surface area contributed by atoms with Gasteiger partial charge in [-0.1, -0.05) is 18.9 Å². The van der Waals surface area contributed by atoms with E-state index in [2.05, 4.69) is 15.1 Å². The number of ether oxygens (including phenoxy) is 2. The number of nitrogens with zero attached hydrogens (tertiary/aromatic N) is 3. The zero-order valence-electron chi connectivity index (χ0n) is 21.9. The van der Waals surface area contributed by atoms with E-state index in [1.165, 1.54) is 25.7 Å². The van der Waals surface area contributed by atoms with Gasteiger partial charge in [-0.15, -0.1) is 0 Å². The second kappa shape index (κ2) is 12.3. The minimum Gasteiger partial charge on any atom is -0.486 e. The summed E-state index contributed by atoms with van der Waals surface area (Å²) in [5.41, 5.74) is 0.524. The van der Waals surface area contributed by atoms with Crippen molar-refractivity contribution in [3.63, 3.8) is 0 Å². The summed E-state index contributed by atoms with van der Waals surface area (Å²) in [4.78, 5) is 17.6. The minimum absolute atomic E-state index is 0.126. The van der Waals surface area contributed by atoms with Crippen molar-refractivity contribution in [3.8, 4) is 11.5 Å². The standard InChI is InChI=1S/C27H42N4O5S/c32-27(24-7-3-8-25-26(24)36-19-18-35-25)28-21-22-9-12-29(13-10-22)11-4-20-37(33,34)31-16-14-30(15-17-31)23-5-1-2-6-23/h3,7-8,22-23H,1-2,4-6,9-21H2,(H,28,32). The summed E-state index contributed by atoms with van der Waals surface area (Å²) in [6, 6.07) is 6.09. The summed E-state index contributed by atoms with van der Waals surface area (Å²) < 4.78 is 38.8. The first-order valence-corrected chi connectivity index (χ1v) is 15.7. The van der Waals surface area contributed by atoms with Gasteiger partial charge in [0.15, 0.2) is 11.5 Å². The molecule has 1 saturated carbocycles. The maximum absolute atomic E-state index is 12.9. The van der Waals surface area contributed by atoms with Crippen LogP contribution in [0.25, 0.3) is 0 Å². The van der Waals surface area contributed by atoms with Gasteiger partial charge in [-0.25, -0.2) is 8.42 Å². The molecule has 3 heterocycles. The molecule has 206 valence electrons. The first-order valence-electron chi connectivity index (χ1n) is 14.1. The van der Waals surface area contributed by atoms with Gasteiger partial charge in [0.1, 0.15) is 13.2 Å². The molecule has 5 rings (SSSR count). The van der Waals surface area contributed by atoms with E-state index in [0.717, 1.165) is 45.6 Å². The van der Waals surface area contributed by atoms with Gasteiger partial charge in [-0.05, 0) is 69.8 Å². The Morgan fingerprint density at radius 3 is 2.43 bits per heavy atom. The third-order valence-corrected chi connectivity index (χ3v) is 10.4. The molecule has 0 unspecified atom stereocenters. The number of sulfonamides is 1. The van der Waals surface area contributed by atoms with Crippen LogP contribution in [0.2, 0.25) is 0 Å². The molecule has 1 N–H and O–H groups in total. The molecule has 37 heavy (non-hydrogen) atoms. The molecule has 4 aliphatic rings. The highest BCUT2D eigenvalue weighted by molar-refractivity contribution is 7.89. The van der Waals surface area contributed by atoms with Crippen molar-refractivity contribution in [2.45, 2.75) is 51.0 Å². The van der Waals surface area contributed by atoms with E-state index >= 15 is 0 Å². The minimum atomic E-state index is -3.18. The molecule has 1 aromatic rings. The van der Waals surface area contributed by atoms with E-state index < -0.39 is 10.0 Å². The Balaban J connectivity index is 0.983. The molecule has 10 heteroatoms. The number of amides is 1.